The van der Waals surface area contributed by atoms with Crippen LogP contribution in [-0.2, 0) is 0 Å². The molecule has 2 heteroatoms. The van der Waals surface area contributed by atoms with Crippen molar-refractivity contribution in [2.75, 3.05) is 0 Å². The van der Waals surface area contributed by atoms with Crippen molar-refractivity contribution in [3.8, 4) is 0 Å². The molecule has 0 spiro atoms. The van der Waals surface area contributed by atoms with Gasteiger partial charge in [0.05, 0.1) is 5.54 Å². The first-order valence-electron chi connectivity index (χ1n) is 3.53. The van der Waals surface area contributed by atoms with E-state index in [1.165, 1.54) is 0 Å². The molecule has 1 aliphatic rings. The van der Waals surface area contributed by atoms with Gasteiger partial charge in [0.15, 0.2) is 0 Å². The number of rotatable bonds is 1. The van der Waals surface area contributed by atoms with Crippen LogP contribution in [0, 0.1) is 5.92 Å². The van der Waals surface area contributed by atoms with Crippen LogP contribution in [0.25, 0.3) is 0 Å². The maximum atomic E-state index is 5.39. The van der Waals surface area contributed by atoms with E-state index in [4.69, 9.17) is 5.84 Å². The van der Waals surface area contributed by atoms with Gasteiger partial charge in [0.2, 0.25) is 0 Å². The molecular weight excluding hydrogens is 124 g/mol. The molecule has 1 aliphatic carbocycles. The van der Waals surface area contributed by atoms with Gasteiger partial charge in [-0.2, -0.15) is 0 Å². The molecule has 2 unspecified atom stereocenters. The second-order valence-electron chi connectivity index (χ2n) is 2.96. The SMILES string of the molecule is CC1C=CC=CC1(C)NN. The third kappa shape index (κ3) is 1.13. The van der Waals surface area contributed by atoms with Crippen LogP contribution in [0.1, 0.15) is 13.8 Å². The zero-order valence-electron chi connectivity index (χ0n) is 6.46. The van der Waals surface area contributed by atoms with E-state index >= 15 is 0 Å². The molecule has 10 heavy (non-hydrogen) atoms. The highest BCUT2D eigenvalue weighted by atomic mass is 15.3. The Kier molecular flexibility index (Phi) is 1.92. The predicted molar refractivity (Wildman–Crippen MR) is 43.2 cm³/mol. The molecule has 0 amide bonds. The summed E-state index contributed by atoms with van der Waals surface area (Å²) >= 11 is 0. The Labute approximate surface area is 61.8 Å². The molecule has 0 fully saturated rings. The van der Waals surface area contributed by atoms with E-state index in [-0.39, 0.29) is 5.54 Å². The zero-order chi connectivity index (χ0) is 7.61. The average molecular weight is 138 g/mol. The van der Waals surface area contributed by atoms with Gasteiger partial charge in [0.1, 0.15) is 0 Å². The number of hydrogen-bond acceptors (Lipinski definition) is 2. The third-order valence-electron chi connectivity index (χ3n) is 2.21. The van der Waals surface area contributed by atoms with Crippen molar-refractivity contribution in [2.24, 2.45) is 11.8 Å². The van der Waals surface area contributed by atoms with Crippen molar-refractivity contribution >= 4 is 0 Å². The normalized spacial score (nSPS) is 38.5. The van der Waals surface area contributed by atoms with E-state index < -0.39 is 0 Å². The zero-order valence-corrected chi connectivity index (χ0v) is 6.46. The number of nitrogens with two attached hydrogens (primary N) is 1. The Morgan fingerprint density at radius 3 is 2.60 bits per heavy atom. The smallest absolute Gasteiger partial charge is 0.0535 e. The summed E-state index contributed by atoms with van der Waals surface area (Å²) in [5, 5.41) is 0. The van der Waals surface area contributed by atoms with E-state index in [0.717, 1.165) is 0 Å². The highest BCUT2D eigenvalue weighted by Gasteiger charge is 2.25. The van der Waals surface area contributed by atoms with Crippen LogP contribution in [-0.4, -0.2) is 5.54 Å². The quantitative estimate of drug-likeness (QED) is 0.418. The lowest BCUT2D eigenvalue weighted by atomic mass is 9.84. The summed E-state index contributed by atoms with van der Waals surface area (Å²) in [6.07, 6.45) is 8.28. The van der Waals surface area contributed by atoms with Crippen LogP contribution in [0.15, 0.2) is 24.3 Å². The summed E-state index contributed by atoms with van der Waals surface area (Å²) in [6, 6.07) is 0. The molecule has 0 aromatic carbocycles. The Morgan fingerprint density at radius 2 is 2.20 bits per heavy atom. The van der Waals surface area contributed by atoms with Gasteiger partial charge in [-0.15, -0.1) is 0 Å². The molecule has 3 N–H and O–H groups in total. The lowest BCUT2D eigenvalue weighted by Crippen LogP contribution is -2.50. The molecule has 0 aromatic rings. The van der Waals surface area contributed by atoms with Gasteiger partial charge in [0, 0.05) is 0 Å². The van der Waals surface area contributed by atoms with E-state index in [2.05, 4.69) is 31.4 Å². The molecule has 0 saturated heterocycles. The van der Waals surface area contributed by atoms with Crippen LogP contribution in [0.5, 0.6) is 0 Å². The van der Waals surface area contributed by atoms with E-state index in [1.54, 1.807) is 0 Å². The first-order chi connectivity index (χ1) is 4.69. The minimum atomic E-state index is -0.0608. The summed E-state index contributed by atoms with van der Waals surface area (Å²) in [5.41, 5.74) is 2.73. The summed E-state index contributed by atoms with van der Waals surface area (Å²) in [4.78, 5) is 0. The van der Waals surface area contributed by atoms with Crippen LogP contribution in [0.2, 0.25) is 0 Å². The third-order valence-corrected chi connectivity index (χ3v) is 2.21. The number of allylic oxidation sites excluding steroid dienone is 2. The van der Waals surface area contributed by atoms with Gasteiger partial charge in [0.25, 0.3) is 0 Å². The maximum Gasteiger partial charge on any atom is 0.0535 e. The number of nitrogens with one attached hydrogen (secondary N) is 1. The predicted octanol–water partition coefficient (Wildman–Crippen LogP) is 0.971. The highest BCUT2D eigenvalue weighted by molar-refractivity contribution is 5.21. The highest BCUT2D eigenvalue weighted by Crippen LogP contribution is 2.21. The average Bonchev–Trinajstić information content (AvgIpc) is 1.96. The molecule has 2 atom stereocenters. The van der Waals surface area contributed by atoms with Gasteiger partial charge in [-0.1, -0.05) is 31.2 Å². The molecule has 0 saturated carbocycles. The van der Waals surface area contributed by atoms with Gasteiger partial charge >= 0.3 is 0 Å². The van der Waals surface area contributed by atoms with Crippen molar-refractivity contribution in [3.05, 3.63) is 24.3 Å². The topological polar surface area (TPSA) is 38.0 Å². The lowest BCUT2D eigenvalue weighted by Gasteiger charge is -2.31. The maximum absolute atomic E-state index is 5.39. The number of hydrogen-bond donors (Lipinski definition) is 2. The first-order valence-corrected chi connectivity index (χ1v) is 3.53. The minimum absolute atomic E-state index is 0.0608. The lowest BCUT2D eigenvalue weighted by molar-refractivity contribution is 0.359. The summed E-state index contributed by atoms with van der Waals surface area (Å²) < 4.78 is 0. The van der Waals surface area contributed by atoms with E-state index in [9.17, 15) is 0 Å². The monoisotopic (exact) mass is 138 g/mol. The van der Waals surface area contributed by atoms with Crippen LogP contribution < -0.4 is 11.3 Å². The van der Waals surface area contributed by atoms with E-state index in [1.807, 2.05) is 12.2 Å². The van der Waals surface area contributed by atoms with Gasteiger partial charge < -0.3 is 0 Å². The Hall–Kier alpha value is -0.600. The summed E-state index contributed by atoms with van der Waals surface area (Å²) in [7, 11) is 0. The van der Waals surface area contributed by atoms with Gasteiger partial charge in [-0.05, 0) is 12.8 Å². The Balaban J connectivity index is 2.77. The molecule has 0 aliphatic heterocycles. The van der Waals surface area contributed by atoms with Crippen LogP contribution >= 0.6 is 0 Å². The van der Waals surface area contributed by atoms with Crippen molar-refractivity contribution in [2.45, 2.75) is 19.4 Å². The summed E-state index contributed by atoms with van der Waals surface area (Å²) in [5.74, 6) is 5.85. The van der Waals surface area contributed by atoms with E-state index in [0.29, 0.717) is 5.92 Å². The van der Waals surface area contributed by atoms with Crippen LogP contribution in [0.4, 0.5) is 0 Å². The fourth-order valence-electron chi connectivity index (χ4n) is 1.02. The van der Waals surface area contributed by atoms with Gasteiger partial charge in [-0.3, -0.25) is 11.3 Å². The van der Waals surface area contributed by atoms with Crippen molar-refractivity contribution < 1.29 is 0 Å². The molecule has 1 rings (SSSR count). The second kappa shape index (κ2) is 2.56. The number of hydrazine groups is 1. The fraction of sp³-hybridized carbons (Fsp3) is 0.500. The summed E-state index contributed by atoms with van der Waals surface area (Å²) in [6.45, 7) is 4.22. The van der Waals surface area contributed by atoms with Gasteiger partial charge in [-0.25, -0.2) is 0 Å². The first kappa shape index (κ1) is 7.51. The minimum Gasteiger partial charge on any atom is -0.271 e. The standard InChI is InChI=1S/C8H14N2/c1-7-5-3-4-6-8(7,2)10-9/h3-7,10H,9H2,1-2H3. The van der Waals surface area contributed by atoms with Crippen molar-refractivity contribution in [3.63, 3.8) is 0 Å². The largest absolute Gasteiger partial charge is 0.271 e. The molecule has 0 radical (unpaired) electrons. The Bertz CT molecular complexity index is 172. The van der Waals surface area contributed by atoms with Crippen LogP contribution in [0.3, 0.4) is 0 Å². The van der Waals surface area contributed by atoms with Crippen molar-refractivity contribution in [1.82, 2.24) is 5.43 Å². The molecule has 0 bridgehead atoms. The van der Waals surface area contributed by atoms with Crippen molar-refractivity contribution in [1.29, 1.82) is 0 Å². The molecular formula is C8H14N2. The fourth-order valence-corrected chi connectivity index (χ4v) is 1.02. The Morgan fingerprint density at radius 1 is 1.50 bits per heavy atom. The molecule has 2 nitrogen and oxygen atoms in total. The molecule has 56 valence electrons. The molecule has 0 heterocycles. The second-order valence-corrected chi connectivity index (χ2v) is 2.96. The molecule has 0 aromatic heterocycles.